The molecular weight excluding hydrogens is 332 g/mol. The number of H-pyrrole nitrogens is 1. The predicted octanol–water partition coefficient (Wildman–Crippen LogP) is 5.60. The smallest absolute Gasteiger partial charge is 0.303 e. The van der Waals surface area contributed by atoms with Crippen molar-refractivity contribution in [2.45, 2.75) is 97.3 Å². The maximum Gasteiger partial charge on any atom is 0.303 e. The quantitative estimate of drug-likeness (QED) is 0.463. The molecule has 1 rings (SSSR count). The molecule has 5 heteroatoms. The summed E-state index contributed by atoms with van der Waals surface area (Å²) in [5.41, 5.74) is 0.879. The molecule has 1 aromatic rings. The number of esters is 1. The van der Waals surface area contributed by atoms with Crippen LogP contribution in [0.1, 0.15) is 86.3 Å². The van der Waals surface area contributed by atoms with E-state index in [1.165, 1.54) is 44.7 Å². The van der Waals surface area contributed by atoms with Crippen LogP contribution in [-0.2, 0) is 16.0 Å². The van der Waals surface area contributed by atoms with Crippen LogP contribution < -0.4 is 0 Å². The minimum atomic E-state index is -0.328. The Hall–Kier alpha value is -0.970. The molecule has 2 unspecified atom stereocenters. The molecule has 25 heavy (non-hydrogen) atoms. The molecule has 1 aromatic heterocycles. The van der Waals surface area contributed by atoms with Crippen LogP contribution in [0.15, 0.2) is 12.5 Å². The van der Waals surface area contributed by atoms with E-state index in [4.69, 9.17) is 17.4 Å². The van der Waals surface area contributed by atoms with Crippen molar-refractivity contribution in [1.82, 2.24) is 9.97 Å². The van der Waals surface area contributed by atoms with Crippen LogP contribution in [0, 0.1) is 5.92 Å². The fourth-order valence-electron chi connectivity index (χ4n) is 2.65. The average Bonchev–Trinajstić information content (AvgIpc) is 2.95. The average molecular weight is 371 g/mol. The molecule has 146 valence electrons. The SMILES string of the molecule is CC(=O)OC(C)(C)C.CCCC(S)(CCC(C)CC)Cc1cnc[nH]1. The highest BCUT2D eigenvalue weighted by molar-refractivity contribution is 7.81. The van der Waals surface area contributed by atoms with Crippen molar-refractivity contribution in [2.24, 2.45) is 5.92 Å². The minimum absolute atomic E-state index is 0.130. The number of ether oxygens (including phenoxy) is 1. The molecule has 0 aliphatic heterocycles. The van der Waals surface area contributed by atoms with Crippen molar-refractivity contribution in [3.8, 4) is 0 Å². The van der Waals surface area contributed by atoms with Crippen molar-refractivity contribution < 1.29 is 9.53 Å². The Morgan fingerprint density at radius 2 is 1.96 bits per heavy atom. The molecule has 0 amide bonds. The van der Waals surface area contributed by atoms with Gasteiger partial charge < -0.3 is 9.72 Å². The van der Waals surface area contributed by atoms with E-state index >= 15 is 0 Å². The van der Waals surface area contributed by atoms with Crippen molar-refractivity contribution in [1.29, 1.82) is 0 Å². The summed E-state index contributed by atoms with van der Waals surface area (Å²) < 4.78 is 4.93. The van der Waals surface area contributed by atoms with Crippen LogP contribution in [0.4, 0.5) is 0 Å². The molecule has 0 spiro atoms. The number of nitrogens with one attached hydrogen (secondary N) is 1. The van der Waals surface area contributed by atoms with Gasteiger partial charge in [0.05, 0.1) is 6.33 Å². The fraction of sp³-hybridized carbons (Fsp3) is 0.800. The Balaban J connectivity index is 0.000000609. The van der Waals surface area contributed by atoms with Gasteiger partial charge in [0.2, 0.25) is 0 Å². The lowest BCUT2D eigenvalue weighted by atomic mass is 9.88. The standard InChI is InChI=1S/C14H26N2S.C6H12O2/c1-4-7-14(17,8-6-12(3)5-2)9-13-10-15-11-16-13;1-5(7)8-6(2,3)4/h10-12,17H,4-9H2,1-3H3,(H,15,16);1-4H3. The molecule has 1 N–H and O–H groups in total. The molecule has 0 aliphatic carbocycles. The second kappa shape index (κ2) is 11.6. The number of rotatable bonds is 8. The molecule has 0 radical (unpaired) electrons. The second-order valence-corrected chi connectivity index (χ2v) is 8.93. The summed E-state index contributed by atoms with van der Waals surface area (Å²) in [4.78, 5) is 17.5. The summed E-state index contributed by atoms with van der Waals surface area (Å²) in [6.07, 6.45) is 10.8. The number of hydrogen-bond acceptors (Lipinski definition) is 4. The summed E-state index contributed by atoms with van der Waals surface area (Å²) in [5.74, 6) is 0.581. The third kappa shape index (κ3) is 13.0. The summed E-state index contributed by atoms with van der Waals surface area (Å²) in [6, 6.07) is 0. The lowest BCUT2D eigenvalue weighted by molar-refractivity contribution is -0.151. The highest BCUT2D eigenvalue weighted by Gasteiger charge is 2.25. The lowest BCUT2D eigenvalue weighted by Crippen LogP contribution is -2.25. The van der Waals surface area contributed by atoms with Crippen molar-refractivity contribution in [3.05, 3.63) is 18.2 Å². The molecule has 0 saturated heterocycles. The Morgan fingerprint density at radius 3 is 2.32 bits per heavy atom. The zero-order valence-corrected chi connectivity index (χ0v) is 18.1. The number of nitrogens with zero attached hydrogens (tertiary/aromatic N) is 1. The van der Waals surface area contributed by atoms with E-state index in [0.29, 0.717) is 0 Å². The molecular formula is C20H38N2O2S. The molecule has 0 aromatic carbocycles. The van der Waals surface area contributed by atoms with E-state index in [9.17, 15) is 4.79 Å². The first kappa shape index (κ1) is 24.0. The minimum Gasteiger partial charge on any atom is -0.460 e. The Bertz CT molecular complexity index is 469. The van der Waals surface area contributed by atoms with Gasteiger partial charge in [0.15, 0.2) is 0 Å². The van der Waals surface area contributed by atoms with Crippen molar-refractivity contribution in [3.63, 3.8) is 0 Å². The van der Waals surface area contributed by atoms with E-state index < -0.39 is 0 Å². The molecule has 0 aliphatic rings. The number of hydrogen-bond donors (Lipinski definition) is 2. The normalized spacial score (nSPS) is 14.9. The molecule has 4 nitrogen and oxygen atoms in total. The van der Waals surface area contributed by atoms with E-state index in [1.54, 1.807) is 6.33 Å². The van der Waals surface area contributed by atoms with Crippen LogP contribution in [0.5, 0.6) is 0 Å². The van der Waals surface area contributed by atoms with E-state index in [0.717, 1.165) is 12.3 Å². The second-order valence-electron chi connectivity index (χ2n) is 7.99. The maximum atomic E-state index is 10.2. The maximum absolute atomic E-state index is 10.2. The fourth-order valence-corrected chi connectivity index (χ4v) is 3.18. The summed E-state index contributed by atoms with van der Waals surface area (Å²) >= 11 is 4.95. The van der Waals surface area contributed by atoms with Gasteiger partial charge in [-0.1, -0.05) is 33.6 Å². The third-order valence-corrected chi connectivity index (χ3v) is 4.64. The molecule has 2 atom stereocenters. The Labute approximate surface area is 160 Å². The van der Waals surface area contributed by atoms with Gasteiger partial charge in [0.25, 0.3) is 0 Å². The first-order chi connectivity index (χ1) is 11.5. The molecule has 0 bridgehead atoms. The Kier molecular flexibility index (Phi) is 11.2. The van der Waals surface area contributed by atoms with Gasteiger partial charge in [-0.25, -0.2) is 4.98 Å². The number of aromatic nitrogens is 2. The number of carbonyl (C=O) groups is 1. The first-order valence-corrected chi connectivity index (χ1v) is 9.85. The van der Waals surface area contributed by atoms with Gasteiger partial charge in [-0.3, -0.25) is 4.79 Å². The van der Waals surface area contributed by atoms with Gasteiger partial charge in [-0.15, -0.1) is 0 Å². The van der Waals surface area contributed by atoms with Gasteiger partial charge in [0, 0.05) is 30.0 Å². The van der Waals surface area contributed by atoms with Crippen LogP contribution in [0.2, 0.25) is 0 Å². The number of aromatic amines is 1. The van der Waals surface area contributed by atoms with Gasteiger partial charge in [-0.2, -0.15) is 12.6 Å². The molecule has 0 fully saturated rings. The third-order valence-electron chi connectivity index (χ3n) is 4.04. The van der Waals surface area contributed by atoms with Crippen LogP contribution in [0.3, 0.4) is 0 Å². The number of imidazole rings is 1. The van der Waals surface area contributed by atoms with E-state index in [2.05, 4.69) is 30.7 Å². The van der Waals surface area contributed by atoms with Crippen molar-refractivity contribution >= 4 is 18.6 Å². The van der Waals surface area contributed by atoms with Crippen LogP contribution in [-0.4, -0.2) is 26.3 Å². The van der Waals surface area contributed by atoms with Gasteiger partial charge in [-0.05, 0) is 46.0 Å². The van der Waals surface area contributed by atoms with Crippen molar-refractivity contribution in [2.75, 3.05) is 0 Å². The highest BCUT2D eigenvalue weighted by Crippen LogP contribution is 2.32. The Morgan fingerprint density at radius 1 is 1.32 bits per heavy atom. The topological polar surface area (TPSA) is 55.0 Å². The summed E-state index contributed by atoms with van der Waals surface area (Å²) in [7, 11) is 0. The first-order valence-electron chi connectivity index (χ1n) is 9.40. The van der Waals surface area contributed by atoms with E-state index in [1.807, 2.05) is 27.0 Å². The van der Waals surface area contributed by atoms with E-state index in [-0.39, 0.29) is 16.3 Å². The largest absolute Gasteiger partial charge is 0.460 e. The predicted molar refractivity (Wildman–Crippen MR) is 109 cm³/mol. The highest BCUT2D eigenvalue weighted by atomic mass is 32.1. The zero-order chi connectivity index (χ0) is 19.5. The zero-order valence-electron chi connectivity index (χ0n) is 17.2. The molecule has 0 saturated carbocycles. The van der Waals surface area contributed by atoms with Gasteiger partial charge in [0.1, 0.15) is 5.60 Å². The van der Waals surface area contributed by atoms with Crippen LogP contribution >= 0.6 is 12.6 Å². The summed E-state index contributed by atoms with van der Waals surface area (Å²) in [6.45, 7) is 13.8. The lowest BCUT2D eigenvalue weighted by Gasteiger charge is -2.29. The van der Waals surface area contributed by atoms with Crippen LogP contribution in [0.25, 0.3) is 0 Å². The monoisotopic (exact) mass is 370 g/mol. The van der Waals surface area contributed by atoms with Gasteiger partial charge >= 0.3 is 5.97 Å². The molecule has 1 heterocycles. The number of carbonyl (C=O) groups excluding carboxylic acids is 1. The summed E-state index contributed by atoms with van der Waals surface area (Å²) in [5, 5.41) is 0. The number of thiol groups is 1.